The number of carbonyl (C=O) groups is 2. The van der Waals surface area contributed by atoms with Gasteiger partial charge in [0.25, 0.3) is 0 Å². The van der Waals surface area contributed by atoms with Gasteiger partial charge >= 0.3 is 29.7 Å². The molecule has 2 rings (SSSR count). The molecule has 4 amide bonds. The minimum absolute atomic E-state index is 0.343. The first-order chi connectivity index (χ1) is 25.9. The first kappa shape index (κ1) is 46.1. The van der Waals surface area contributed by atoms with Crippen molar-refractivity contribution in [1.82, 2.24) is 10.6 Å². The fourth-order valence-electron chi connectivity index (χ4n) is 5.44. The summed E-state index contributed by atoms with van der Waals surface area (Å²) in [5.41, 5.74) is 3.56. The number of aryl methyl sites for hydroxylation is 2. The van der Waals surface area contributed by atoms with Crippen molar-refractivity contribution in [3.05, 3.63) is 47.5 Å². The molecule has 0 aromatic heterocycles. The Kier molecular flexibility index (Phi) is 20.8. The molecule has 0 aliphatic rings. The maximum Gasteiger partial charge on any atom is 0.501 e. The number of nitrogens with one attached hydrogen (secondary N) is 4. The van der Waals surface area contributed by atoms with E-state index in [0.29, 0.717) is 87.2 Å². The van der Waals surface area contributed by atoms with Crippen molar-refractivity contribution in [3.8, 4) is 0 Å². The van der Waals surface area contributed by atoms with Gasteiger partial charge in [-0.05, 0) is 116 Å². The highest BCUT2D eigenvalue weighted by Gasteiger charge is 2.46. The molecule has 0 bridgehead atoms. The van der Waals surface area contributed by atoms with E-state index < -0.39 is 29.8 Å². The molecule has 0 aliphatic carbocycles. The van der Waals surface area contributed by atoms with Crippen LogP contribution in [0.3, 0.4) is 0 Å². The number of amides is 4. The summed E-state index contributed by atoms with van der Waals surface area (Å²) in [5, 5.41) is 11.3. The van der Waals surface area contributed by atoms with Gasteiger partial charge in [-0.25, -0.2) is 19.2 Å². The average molecular weight is 789 g/mol. The zero-order chi connectivity index (χ0) is 40.0. The zero-order valence-electron chi connectivity index (χ0n) is 32.7. The zero-order valence-corrected chi connectivity index (χ0v) is 34.7. The Morgan fingerprint density at radius 2 is 1.00 bits per heavy atom. The van der Waals surface area contributed by atoms with Gasteiger partial charge in [0.15, 0.2) is 0 Å². The Hall–Kier alpha value is -4.07. The van der Waals surface area contributed by atoms with E-state index in [1.54, 1.807) is 50.2 Å². The second-order valence-corrected chi connectivity index (χ2v) is 17.5. The van der Waals surface area contributed by atoms with Gasteiger partial charge in [-0.2, -0.15) is 9.98 Å². The number of carbonyl (C=O) groups excluding carboxylic acids is 4. The quantitative estimate of drug-likeness (QED) is 0.0360. The Labute approximate surface area is 320 Å². The lowest BCUT2D eigenvalue weighted by Gasteiger charge is -2.37. The molecule has 0 heterocycles. The van der Waals surface area contributed by atoms with Crippen LogP contribution in [0.15, 0.2) is 46.4 Å². The molecular weight excluding hydrogens is 733 g/mol. The molecule has 18 heteroatoms. The smallest absolute Gasteiger partial charge is 0.374 e. The predicted octanol–water partition coefficient (Wildman–Crippen LogP) is 6.80. The van der Waals surface area contributed by atoms with Crippen molar-refractivity contribution in [3.63, 3.8) is 0 Å². The van der Waals surface area contributed by atoms with Gasteiger partial charge in [0.05, 0.1) is 23.6 Å². The average Bonchev–Trinajstić information content (AvgIpc) is 3.11. The van der Waals surface area contributed by atoms with Crippen molar-refractivity contribution < 1.29 is 45.7 Å². The SMILES string of the molecule is CCO[Si](CCCNC(=O)Nc1ccc(N=C=O)c(C)c1)(OCC)OC(C)[C@H](C)O[Si](CCCNC(=O)Nc1ccc(N=C=O)c(C)c1)(OCC)OCC. The maximum atomic E-state index is 12.6. The number of aliphatic imine (C=N–C) groups is 2. The number of anilines is 2. The van der Waals surface area contributed by atoms with Crippen LogP contribution in [0.5, 0.6) is 0 Å². The molecule has 16 nitrogen and oxygen atoms in total. The Morgan fingerprint density at radius 3 is 1.30 bits per heavy atom. The molecule has 298 valence electrons. The molecule has 0 saturated heterocycles. The van der Waals surface area contributed by atoms with Gasteiger partial charge in [0.1, 0.15) is 0 Å². The molecule has 2 aromatic rings. The topological polar surface area (TPSA) is 196 Å². The van der Waals surface area contributed by atoms with Gasteiger partial charge in [0.2, 0.25) is 12.2 Å². The maximum absolute atomic E-state index is 12.6. The van der Waals surface area contributed by atoms with E-state index in [1.165, 1.54) is 12.2 Å². The fourth-order valence-corrected chi connectivity index (χ4v) is 11.2. The standard InChI is InChI=1S/C36H56N6O10Si2/c1-9-47-53(48-10-2,21-13-19-37-35(45)41-31-15-17-33(39-25-43)27(5)23-31)51-29(7)30(8)52-54(49-11-3,50-12-4)22-14-20-38-36(46)42-32-16-18-34(40-26-44)28(6)24-32/h15-18,23-24,29-30H,9-14,19-22H2,1-8H3,(H2,37,41,45)(H2,38,42,46)/t29-,30?/m0/s1. The third-order valence-electron chi connectivity index (χ3n) is 7.98. The molecule has 0 fully saturated rings. The molecule has 2 aromatic carbocycles. The minimum atomic E-state index is -3.23. The van der Waals surface area contributed by atoms with Crippen LogP contribution < -0.4 is 21.3 Å². The van der Waals surface area contributed by atoms with E-state index in [4.69, 9.17) is 26.6 Å². The first-order valence-corrected chi connectivity index (χ1v) is 22.1. The molecule has 2 atom stereocenters. The summed E-state index contributed by atoms with van der Waals surface area (Å²) >= 11 is 0. The predicted molar refractivity (Wildman–Crippen MR) is 210 cm³/mol. The van der Waals surface area contributed by atoms with Crippen LogP contribution in [-0.4, -0.2) is 93.6 Å². The van der Waals surface area contributed by atoms with Crippen molar-refractivity contribution >= 4 is 64.6 Å². The number of isocyanates is 2. The highest BCUT2D eigenvalue weighted by Crippen LogP contribution is 2.27. The van der Waals surface area contributed by atoms with Crippen LogP contribution >= 0.6 is 0 Å². The first-order valence-electron chi connectivity index (χ1n) is 18.3. The monoisotopic (exact) mass is 788 g/mol. The lowest BCUT2D eigenvalue weighted by molar-refractivity contribution is -0.0377. The van der Waals surface area contributed by atoms with E-state index in [1.807, 2.05) is 41.5 Å². The number of hydrogen-bond acceptors (Lipinski definition) is 12. The molecule has 0 aliphatic heterocycles. The second kappa shape index (κ2) is 24.4. The number of nitrogens with zero attached hydrogens (tertiary/aromatic N) is 2. The highest BCUT2D eigenvalue weighted by atomic mass is 28.4. The number of hydrogen-bond donors (Lipinski definition) is 4. The van der Waals surface area contributed by atoms with Crippen LogP contribution in [-0.2, 0) is 36.1 Å². The van der Waals surface area contributed by atoms with E-state index in [-0.39, 0.29) is 12.1 Å². The molecule has 0 saturated carbocycles. The summed E-state index contributed by atoms with van der Waals surface area (Å²) in [6, 6.07) is 10.2. The van der Waals surface area contributed by atoms with Crippen LogP contribution in [0.2, 0.25) is 12.1 Å². The van der Waals surface area contributed by atoms with E-state index in [0.717, 1.165) is 11.1 Å². The van der Waals surface area contributed by atoms with Crippen molar-refractivity contribution in [2.45, 2.75) is 92.5 Å². The van der Waals surface area contributed by atoms with Gasteiger partial charge in [0, 0.05) is 63.0 Å². The van der Waals surface area contributed by atoms with Crippen LogP contribution in [0.25, 0.3) is 0 Å². The number of rotatable bonds is 25. The molecule has 0 radical (unpaired) electrons. The van der Waals surface area contributed by atoms with Crippen molar-refractivity contribution in [1.29, 1.82) is 0 Å². The number of benzene rings is 2. The van der Waals surface area contributed by atoms with Crippen molar-refractivity contribution in [2.75, 3.05) is 50.2 Å². The lowest BCUT2D eigenvalue weighted by atomic mass is 10.2. The Balaban J connectivity index is 1.99. The molecule has 54 heavy (non-hydrogen) atoms. The molecular formula is C36H56N6O10Si2. The van der Waals surface area contributed by atoms with Crippen LogP contribution in [0, 0.1) is 13.8 Å². The fraction of sp³-hybridized carbons (Fsp3) is 0.556. The van der Waals surface area contributed by atoms with Gasteiger partial charge < -0.3 is 47.8 Å². The third-order valence-corrected chi connectivity index (χ3v) is 14.3. The summed E-state index contributed by atoms with van der Waals surface area (Å²) in [5.74, 6) is 0. The van der Waals surface area contributed by atoms with Crippen molar-refractivity contribution in [2.24, 2.45) is 9.98 Å². The largest absolute Gasteiger partial charge is 0.501 e. The summed E-state index contributed by atoms with van der Waals surface area (Å²) in [7, 11) is -6.45. The Morgan fingerprint density at radius 1 is 0.648 bits per heavy atom. The highest BCUT2D eigenvalue weighted by molar-refractivity contribution is 6.61. The van der Waals surface area contributed by atoms with Gasteiger partial charge in [-0.3, -0.25) is 0 Å². The van der Waals surface area contributed by atoms with Gasteiger partial charge in [-0.1, -0.05) is 0 Å². The summed E-state index contributed by atoms with van der Waals surface area (Å²) in [6.45, 7) is 17.1. The summed E-state index contributed by atoms with van der Waals surface area (Å²) in [4.78, 5) is 53.6. The Bertz CT molecular complexity index is 1460. The minimum Gasteiger partial charge on any atom is -0.374 e. The van der Waals surface area contributed by atoms with Gasteiger partial charge in [-0.15, -0.1) is 0 Å². The molecule has 0 spiro atoms. The second-order valence-electron chi connectivity index (χ2n) is 12.1. The van der Waals surface area contributed by atoms with Crippen LogP contribution in [0.4, 0.5) is 32.3 Å². The summed E-state index contributed by atoms with van der Waals surface area (Å²) in [6.07, 6.45) is 3.17. The molecule has 4 N–H and O–H groups in total. The number of urea groups is 2. The van der Waals surface area contributed by atoms with E-state index >= 15 is 0 Å². The lowest BCUT2D eigenvalue weighted by Crippen LogP contribution is -2.54. The summed E-state index contributed by atoms with van der Waals surface area (Å²) < 4.78 is 37.9. The van der Waals surface area contributed by atoms with E-state index in [9.17, 15) is 19.2 Å². The third kappa shape index (κ3) is 15.7. The molecule has 1 unspecified atom stereocenters. The normalized spacial score (nSPS) is 12.5. The van der Waals surface area contributed by atoms with Crippen LogP contribution in [0.1, 0.15) is 65.5 Å². The van der Waals surface area contributed by atoms with E-state index in [2.05, 4.69) is 31.3 Å².